The van der Waals surface area contributed by atoms with E-state index in [9.17, 15) is 0 Å². The van der Waals surface area contributed by atoms with Crippen LogP contribution in [0.3, 0.4) is 0 Å². The van der Waals surface area contributed by atoms with E-state index in [4.69, 9.17) is 4.74 Å². The third kappa shape index (κ3) is 3.32. The summed E-state index contributed by atoms with van der Waals surface area (Å²) in [6.45, 7) is 7.05. The van der Waals surface area contributed by atoms with Gasteiger partial charge in [0.2, 0.25) is 0 Å². The van der Waals surface area contributed by atoms with E-state index < -0.39 is 0 Å². The van der Waals surface area contributed by atoms with Gasteiger partial charge < -0.3 is 10.1 Å². The number of aromatic nitrogens is 2. The highest BCUT2D eigenvalue weighted by Gasteiger charge is 2.20. The number of aryl methyl sites for hydroxylation is 1. The molecular formula is C12H21N3O. The van der Waals surface area contributed by atoms with Gasteiger partial charge in [-0.15, -0.1) is 0 Å². The Hall–Kier alpha value is -0.870. The first kappa shape index (κ1) is 11.6. The summed E-state index contributed by atoms with van der Waals surface area (Å²) in [5.41, 5.74) is 1.22. The van der Waals surface area contributed by atoms with Crippen LogP contribution in [0.4, 0.5) is 0 Å². The van der Waals surface area contributed by atoms with Gasteiger partial charge in [0.05, 0.1) is 24.9 Å². The van der Waals surface area contributed by atoms with Crippen molar-refractivity contribution >= 4 is 0 Å². The van der Waals surface area contributed by atoms with Crippen LogP contribution in [-0.4, -0.2) is 35.1 Å². The molecule has 1 aliphatic rings. The van der Waals surface area contributed by atoms with Gasteiger partial charge in [-0.25, -0.2) is 0 Å². The van der Waals surface area contributed by atoms with Gasteiger partial charge in [-0.1, -0.05) is 0 Å². The van der Waals surface area contributed by atoms with Crippen molar-refractivity contribution < 1.29 is 4.74 Å². The Bertz CT molecular complexity index is 324. The van der Waals surface area contributed by atoms with Gasteiger partial charge in [-0.3, -0.25) is 4.68 Å². The molecule has 4 heteroatoms. The van der Waals surface area contributed by atoms with Crippen molar-refractivity contribution in [3.05, 3.63) is 18.0 Å². The minimum Gasteiger partial charge on any atom is -0.374 e. The average Bonchev–Trinajstić information content (AvgIpc) is 2.83. The fourth-order valence-electron chi connectivity index (χ4n) is 2.08. The molecule has 0 aromatic carbocycles. The Labute approximate surface area is 97.0 Å². The highest BCUT2D eigenvalue weighted by Crippen LogP contribution is 2.17. The Morgan fingerprint density at radius 2 is 2.44 bits per heavy atom. The molecule has 0 spiro atoms. The molecule has 2 rings (SSSR count). The maximum Gasteiger partial charge on any atom is 0.0704 e. The van der Waals surface area contributed by atoms with Gasteiger partial charge in [0.1, 0.15) is 0 Å². The third-order valence-electron chi connectivity index (χ3n) is 2.97. The maximum absolute atomic E-state index is 5.73. The van der Waals surface area contributed by atoms with Gasteiger partial charge in [0.15, 0.2) is 0 Å². The highest BCUT2D eigenvalue weighted by molar-refractivity contribution is 4.99. The SMILES string of the molecule is Cc1cnn(CCNCC2CCC(C)O2)c1. The number of nitrogens with zero attached hydrogens (tertiary/aromatic N) is 2. The molecule has 1 N–H and O–H groups in total. The van der Waals surface area contributed by atoms with E-state index in [0.717, 1.165) is 19.6 Å². The number of hydrogen-bond acceptors (Lipinski definition) is 3. The molecule has 2 heterocycles. The molecule has 1 aromatic heterocycles. The molecule has 2 unspecified atom stereocenters. The molecule has 0 aliphatic carbocycles. The van der Waals surface area contributed by atoms with Crippen LogP contribution in [-0.2, 0) is 11.3 Å². The maximum atomic E-state index is 5.73. The van der Waals surface area contributed by atoms with Crippen LogP contribution in [0.15, 0.2) is 12.4 Å². The predicted octanol–water partition coefficient (Wildman–Crippen LogP) is 1.35. The summed E-state index contributed by atoms with van der Waals surface area (Å²) < 4.78 is 7.71. The molecule has 0 saturated carbocycles. The lowest BCUT2D eigenvalue weighted by Gasteiger charge is -2.12. The molecule has 1 aliphatic heterocycles. The summed E-state index contributed by atoms with van der Waals surface area (Å²) in [6.07, 6.45) is 7.20. The monoisotopic (exact) mass is 223 g/mol. The largest absolute Gasteiger partial charge is 0.374 e. The molecule has 0 bridgehead atoms. The first-order valence-electron chi connectivity index (χ1n) is 6.09. The predicted molar refractivity (Wildman–Crippen MR) is 63.4 cm³/mol. The van der Waals surface area contributed by atoms with E-state index in [1.807, 2.05) is 10.9 Å². The molecule has 90 valence electrons. The standard InChI is InChI=1S/C12H21N3O/c1-10-7-14-15(9-10)6-5-13-8-12-4-3-11(2)16-12/h7,9,11-13H,3-6,8H2,1-2H3. The normalized spacial score (nSPS) is 25.1. The lowest BCUT2D eigenvalue weighted by Crippen LogP contribution is -2.29. The van der Waals surface area contributed by atoms with E-state index in [-0.39, 0.29) is 0 Å². The quantitative estimate of drug-likeness (QED) is 0.766. The molecule has 1 fully saturated rings. The Kier molecular flexibility index (Phi) is 3.96. The second kappa shape index (κ2) is 5.46. The van der Waals surface area contributed by atoms with Gasteiger partial charge >= 0.3 is 0 Å². The zero-order chi connectivity index (χ0) is 11.4. The Morgan fingerprint density at radius 3 is 3.06 bits per heavy atom. The highest BCUT2D eigenvalue weighted by atomic mass is 16.5. The van der Waals surface area contributed by atoms with Crippen molar-refractivity contribution in [3.8, 4) is 0 Å². The van der Waals surface area contributed by atoms with E-state index in [2.05, 4.69) is 30.5 Å². The second-order valence-electron chi connectivity index (χ2n) is 4.63. The molecule has 0 radical (unpaired) electrons. The summed E-state index contributed by atoms with van der Waals surface area (Å²) in [6, 6.07) is 0. The Balaban J connectivity index is 1.58. The summed E-state index contributed by atoms with van der Waals surface area (Å²) in [5.74, 6) is 0. The summed E-state index contributed by atoms with van der Waals surface area (Å²) in [5, 5.41) is 7.66. The first-order valence-corrected chi connectivity index (χ1v) is 6.09. The minimum atomic E-state index is 0.411. The van der Waals surface area contributed by atoms with Gasteiger partial charge in [0.25, 0.3) is 0 Å². The molecule has 0 amide bonds. The van der Waals surface area contributed by atoms with Gasteiger partial charge in [-0.05, 0) is 32.3 Å². The van der Waals surface area contributed by atoms with E-state index in [1.54, 1.807) is 0 Å². The average molecular weight is 223 g/mol. The molecule has 1 saturated heterocycles. The van der Waals surface area contributed by atoms with Crippen molar-refractivity contribution in [1.29, 1.82) is 0 Å². The molecule has 2 atom stereocenters. The number of ether oxygens (including phenoxy) is 1. The fourth-order valence-corrected chi connectivity index (χ4v) is 2.08. The van der Waals surface area contributed by atoms with Crippen LogP contribution < -0.4 is 5.32 Å². The van der Waals surface area contributed by atoms with Crippen LogP contribution in [0.2, 0.25) is 0 Å². The molecule has 16 heavy (non-hydrogen) atoms. The minimum absolute atomic E-state index is 0.411. The van der Waals surface area contributed by atoms with Crippen molar-refractivity contribution in [2.24, 2.45) is 0 Å². The third-order valence-corrected chi connectivity index (χ3v) is 2.97. The van der Waals surface area contributed by atoms with E-state index in [1.165, 1.54) is 18.4 Å². The van der Waals surface area contributed by atoms with Crippen molar-refractivity contribution in [3.63, 3.8) is 0 Å². The van der Waals surface area contributed by atoms with E-state index >= 15 is 0 Å². The zero-order valence-corrected chi connectivity index (χ0v) is 10.1. The summed E-state index contributed by atoms with van der Waals surface area (Å²) >= 11 is 0. The van der Waals surface area contributed by atoms with E-state index in [0.29, 0.717) is 12.2 Å². The first-order chi connectivity index (χ1) is 7.74. The lowest BCUT2D eigenvalue weighted by atomic mass is 10.2. The van der Waals surface area contributed by atoms with Crippen LogP contribution in [0.5, 0.6) is 0 Å². The smallest absolute Gasteiger partial charge is 0.0704 e. The molecule has 1 aromatic rings. The lowest BCUT2D eigenvalue weighted by molar-refractivity contribution is 0.0560. The Morgan fingerprint density at radius 1 is 1.56 bits per heavy atom. The number of hydrogen-bond donors (Lipinski definition) is 1. The summed E-state index contributed by atoms with van der Waals surface area (Å²) in [4.78, 5) is 0. The molecule has 4 nitrogen and oxygen atoms in total. The zero-order valence-electron chi connectivity index (χ0n) is 10.1. The topological polar surface area (TPSA) is 39.1 Å². The van der Waals surface area contributed by atoms with Crippen molar-refractivity contribution in [1.82, 2.24) is 15.1 Å². The van der Waals surface area contributed by atoms with Crippen LogP contribution in [0.25, 0.3) is 0 Å². The van der Waals surface area contributed by atoms with Crippen molar-refractivity contribution in [2.45, 2.75) is 45.4 Å². The molecular weight excluding hydrogens is 202 g/mol. The van der Waals surface area contributed by atoms with Crippen LogP contribution in [0.1, 0.15) is 25.3 Å². The van der Waals surface area contributed by atoms with Crippen LogP contribution in [0, 0.1) is 6.92 Å². The second-order valence-corrected chi connectivity index (χ2v) is 4.63. The van der Waals surface area contributed by atoms with Crippen LogP contribution >= 0.6 is 0 Å². The van der Waals surface area contributed by atoms with Gasteiger partial charge in [0, 0.05) is 19.3 Å². The fraction of sp³-hybridized carbons (Fsp3) is 0.750. The number of nitrogens with one attached hydrogen (secondary N) is 1. The van der Waals surface area contributed by atoms with Gasteiger partial charge in [-0.2, -0.15) is 5.10 Å². The summed E-state index contributed by atoms with van der Waals surface area (Å²) in [7, 11) is 0. The van der Waals surface area contributed by atoms with Crippen molar-refractivity contribution in [2.75, 3.05) is 13.1 Å². The number of rotatable bonds is 5.